The SMILES string of the molecule is C=C1CCC(=C2CCCCC([I-]C)C2)CC1. The predicted molar refractivity (Wildman–Crippen MR) is 67.4 cm³/mol. The summed E-state index contributed by atoms with van der Waals surface area (Å²) in [4.78, 5) is 2.47. The monoisotopic (exact) mass is 331 g/mol. The Labute approximate surface area is 111 Å². The van der Waals surface area contributed by atoms with Crippen LogP contribution in [0.5, 0.6) is 0 Å². The van der Waals surface area contributed by atoms with Gasteiger partial charge >= 0.3 is 111 Å². The normalized spacial score (nSPS) is 28.3. The van der Waals surface area contributed by atoms with E-state index in [-0.39, 0.29) is 0 Å². The van der Waals surface area contributed by atoms with Crippen LogP contribution in [0.15, 0.2) is 23.3 Å². The van der Waals surface area contributed by atoms with Crippen molar-refractivity contribution in [2.24, 2.45) is 0 Å². The summed E-state index contributed by atoms with van der Waals surface area (Å²) in [7, 11) is 0. The molecule has 0 saturated heterocycles. The van der Waals surface area contributed by atoms with E-state index in [0.29, 0.717) is 21.2 Å². The van der Waals surface area contributed by atoms with Gasteiger partial charge in [-0.2, -0.15) is 0 Å². The number of hydrogen-bond donors (Lipinski definition) is 0. The average molecular weight is 331 g/mol. The molecule has 2 rings (SSSR count). The molecule has 1 unspecified atom stereocenters. The van der Waals surface area contributed by atoms with Crippen molar-refractivity contribution in [1.29, 1.82) is 0 Å². The molecule has 16 heavy (non-hydrogen) atoms. The third-order valence-corrected chi connectivity index (χ3v) is 6.91. The number of rotatable bonds is 1. The van der Waals surface area contributed by atoms with Crippen molar-refractivity contribution in [3.8, 4) is 0 Å². The molecule has 0 aromatic rings. The maximum atomic E-state index is 4.13. The molecule has 0 radical (unpaired) electrons. The fourth-order valence-corrected chi connectivity index (χ4v) is 4.98. The molecule has 0 nitrogen and oxygen atoms in total. The Balaban J connectivity index is 2.05. The molecule has 2 aliphatic carbocycles. The molecule has 2 aliphatic rings. The van der Waals surface area contributed by atoms with Gasteiger partial charge in [0.25, 0.3) is 0 Å². The molecule has 0 aromatic carbocycles. The van der Waals surface area contributed by atoms with Gasteiger partial charge in [-0.3, -0.25) is 0 Å². The Morgan fingerprint density at radius 3 is 2.44 bits per heavy atom. The van der Waals surface area contributed by atoms with Crippen LogP contribution in [0.1, 0.15) is 57.8 Å². The van der Waals surface area contributed by atoms with Crippen molar-refractivity contribution in [2.45, 2.75) is 61.7 Å². The van der Waals surface area contributed by atoms with Crippen molar-refractivity contribution in [2.75, 3.05) is 4.93 Å². The number of hydrogen-bond acceptors (Lipinski definition) is 0. The topological polar surface area (TPSA) is 0 Å². The molecule has 0 bridgehead atoms. The summed E-state index contributed by atoms with van der Waals surface area (Å²) >= 11 is 0.458. The molecule has 0 heterocycles. The van der Waals surface area contributed by atoms with Crippen LogP contribution < -0.4 is 21.2 Å². The van der Waals surface area contributed by atoms with Gasteiger partial charge in [-0.25, -0.2) is 0 Å². The maximum absolute atomic E-state index is 4.13. The van der Waals surface area contributed by atoms with E-state index < -0.39 is 0 Å². The first-order chi connectivity index (χ1) is 7.79. The molecule has 0 aliphatic heterocycles. The Morgan fingerprint density at radius 1 is 1.00 bits per heavy atom. The van der Waals surface area contributed by atoms with E-state index in [2.05, 4.69) is 11.5 Å². The third kappa shape index (κ3) is 3.35. The standard InChI is InChI=1S/C15H24I/c1-12-7-9-13(10-8-12)14-5-3-4-6-15(11-14)16-2/h15H,1,3-11H2,2H3/q-1. The van der Waals surface area contributed by atoms with Crippen LogP contribution in [0.2, 0.25) is 0 Å². The van der Waals surface area contributed by atoms with Crippen molar-refractivity contribution < 1.29 is 21.2 Å². The molecule has 1 heteroatoms. The van der Waals surface area contributed by atoms with Crippen molar-refractivity contribution in [1.82, 2.24) is 0 Å². The summed E-state index contributed by atoms with van der Waals surface area (Å²) in [5.41, 5.74) is 5.19. The van der Waals surface area contributed by atoms with E-state index in [1.54, 1.807) is 0 Å². The molecule has 92 valence electrons. The van der Waals surface area contributed by atoms with E-state index in [0.717, 1.165) is 3.92 Å². The zero-order valence-electron chi connectivity index (χ0n) is 10.5. The quantitative estimate of drug-likeness (QED) is 0.295. The van der Waals surface area contributed by atoms with E-state index in [1.165, 1.54) is 63.4 Å². The summed E-state index contributed by atoms with van der Waals surface area (Å²) in [6.07, 6.45) is 12.6. The van der Waals surface area contributed by atoms with Crippen molar-refractivity contribution >= 4 is 0 Å². The fraction of sp³-hybridized carbons (Fsp3) is 0.733. The Hall–Kier alpha value is 0.210. The number of allylic oxidation sites excluding steroid dienone is 3. The Morgan fingerprint density at radius 2 is 1.75 bits per heavy atom. The molecule has 0 N–H and O–H groups in total. The molecule has 2 saturated carbocycles. The van der Waals surface area contributed by atoms with Gasteiger partial charge in [0, 0.05) is 0 Å². The van der Waals surface area contributed by atoms with Gasteiger partial charge in [-0.1, -0.05) is 0 Å². The summed E-state index contributed by atoms with van der Waals surface area (Å²) in [6.45, 7) is 4.13. The average Bonchev–Trinajstić information content (AvgIpc) is 2.55. The van der Waals surface area contributed by atoms with Crippen LogP contribution in [0.25, 0.3) is 0 Å². The second-order valence-corrected chi connectivity index (χ2v) is 8.23. The first-order valence-electron chi connectivity index (χ1n) is 6.64. The molecule has 0 spiro atoms. The second-order valence-electron chi connectivity index (χ2n) is 5.22. The Bertz CT molecular complexity index is 276. The van der Waals surface area contributed by atoms with Crippen LogP contribution in [0, 0.1) is 0 Å². The zero-order valence-corrected chi connectivity index (χ0v) is 12.7. The van der Waals surface area contributed by atoms with Gasteiger partial charge in [0.05, 0.1) is 0 Å². The summed E-state index contributed by atoms with van der Waals surface area (Å²) < 4.78 is 1.09. The molecular weight excluding hydrogens is 307 g/mol. The van der Waals surface area contributed by atoms with Gasteiger partial charge < -0.3 is 0 Å². The third-order valence-electron chi connectivity index (χ3n) is 4.08. The summed E-state index contributed by atoms with van der Waals surface area (Å²) in [5.74, 6) is 0. The van der Waals surface area contributed by atoms with E-state index >= 15 is 0 Å². The molecule has 2 fully saturated rings. The minimum absolute atomic E-state index is 0.458. The van der Waals surface area contributed by atoms with Gasteiger partial charge in [0.2, 0.25) is 0 Å². The van der Waals surface area contributed by atoms with Gasteiger partial charge in [0.15, 0.2) is 0 Å². The van der Waals surface area contributed by atoms with Crippen LogP contribution in [-0.2, 0) is 0 Å². The van der Waals surface area contributed by atoms with E-state index in [1.807, 2.05) is 11.1 Å². The predicted octanol–water partition coefficient (Wildman–Crippen LogP) is 1.46. The molecule has 0 amide bonds. The number of alkyl halides is 2. The van der Waals surface area contributed by atoms with Gasteiger partial charge in [-0.15, -0.1) is 0 Å². The van der Waals surface area contributed by atoms with E-state index in [4.69, 9.17) is 0 Å². The molecular formula is C15H24I-. The van der Waals surface area contributed by atoms with Gasteiger partial charge in [-0.05, 0) is 0 Å². The molecule has 0 aromatic heterocycles. The van der Waals surface area contributed by atoms with Gasteiger partial charge in [0.1, 0.15) is 0 Å². The van der Waals surface area contributed by atoms with Crippen LogP contribution in [0.3, 0.4) is 0 Å². The molecule has 1 atom stereocenters. The Kier molecular flexibility index (Phi) is 4.93. The van der Waals surface area contributed by atoms with Crippen LogP contribution in [0.4, 0.5) is 0 Å². The summed E-state index contributed by atoms with van der Waals surface area (Å²) in [6, 6.07) is 0. The van der Waals surface area contributed by atoms with Crippen molar-refractivity contribution in [3.63, 3.8) is 0 Å². The fourth-order valence-electron chi connectivity index (χ4n) is 2.94. The van der Waals surface area contributed by atoms with Crippen molar-refractivity contribution in [3.05, 3.63) is 23.3 Å². The van der Waals surface area contributed by atoms with Crippen LogP contribution in [-0.4, -0.2) is 8.86 Å². The first-order valence-corrected chi connectivity index (χ1v) is 10.0. The first kappa shape index (κ1) is 12.7. The second kappa shape index (κ2) is 6.23. The van der Waals surface area contributed by atoms with Crippen LogP contribution >= 0.6 is 0 Å². The number of halogens is 1. The van der Waals surface area contributed by atoms with E-state index in [9.17, 15) is 0 Å². The zero-order chi connectivity index (χ0) is 11.4. The summed E-state index contributed by atoms with van der Waals surface area (Å²) in [5, 5.41) is 0. The minimum atomic E-state index is 0.458.